The highest BCUT2D eigenvalue weighted by Crippen LogP contribution is 2.27. The SMILES string of the molecule is CSC(=N)N(c1ccccc1)c1ccccc1.I. The Hall–Kier alpha value is -1.01. The smallest absolute Gasteiger partial charge is 0.165 e. The molecule has 0 unspecified atom stereocenters. The number of halogens is 1. The van der Waals surface area contributed by atoms with E-state index in [9.17, 15) is 0 Å². The average molecular weight is 370 g/mol. The van der Waals surface area contributed by atoms with Crippen molar-refractivity contribution >= 4 is 52.3 Å². The molecule has 0 bridgehead atoms. The molecule has 0 saturated heterocycles. The maximum Gasteiger partial charge on any atom is 0.165 e. The first-order valence-corrected chi connectivity index (χ1v) is 6.58. The molecule has 0 aliphatic carbocycles. The molecule has 0 heterocycles. The van der Waals surface area contributed by atoms with E-state index in [0.29, 0.717) is 5.17 Å². The summed E-state index contributed by atoms with van der Waals surface area (Å²) >= 11 is 1.43. The molecule has 1 N–H and O–H groups in total. The second-order valence-electron chi connectivity index (χ2n) is 3.52. The van der Waals surface area contributed by atoms with E-state index >= 15 is 0 Å². The molecule has 2 aromatic carbocycles. The second kappa shape index (κ2) is 7.43. The van der Waals surface area contributed by atoms with Gasteiger partial charge in [0.2, 0.25) is 0 Å². The topological polar surface area (TPSA) is 27.1 Å². The number of thioether (sulfide) groups is 1. The van der Waals surface area contributed by atoms with Crippen LogP contribution in [-0.4, -0.2) is 11.4 Å². The molecule has 2 aromatic rings. The maximum atomic E-state index is 8.06. The number of nitrogens with zero attached hydrogens (tertiary/aromatic N) is 1. The number of amidine groups is 1. The highest BCUT2D eigenvalue weighted by atomic mass is 127. The number of hydrogen-bond donors (Lipinski definition) is 1. The van der Waals surface area contributed by atoms with Crippen molar-refractivity contribution < 1.29 is 0 Å². The van der Waals surface area contributed by atoms with Crippen LogP contribution >= 0.6 is 35.7 Å². The average Bonchev–Trinajstić information content (AvgIpc) is 2.41. The maximum absolute atomic E-state index is 8.06. The van der Waals surface area contributed by atoms with Crippen molar-refractivity contribution in [1.82, 2.24) is 0 Å². The monoisotopic (exact) mass is 370 g/mol. The van der Waals surface area contributed by atoms with Crippen LogP contribution in [0, 0.1) is 5.41 Å². The third kappa shape index (κ3) is 3.49. The summed E-state index contributed by atoms with van der Waals surface area (Å²) < 4.78 is 0. The van der Waals surface area contributed by atoms with E-state index in [0.717, 1.165) is 11.4 Å². The van der Waals surface area contributed by atoms with Crippen molar-refractivity contribution in [2.45, 2.75) is 0 Å². The summed E-state index contributed by atoms with van der Waals surface area (Å²) in [5.41, 5.74) is 2.02. The molecule has 94 valence electrons. The lowest BCUT2D eigenvalue weighted by molar-refractivity contribution is 1.33. The minimum absolute atomic E-state index is 0. The Labute approximate surface area is 129 Å². The van der Waals surface area contributed by atoms with Gasteiger partial charge in [-0.15, -0.1) is 24.0 Å². The molecular formula is C14H15IN2S. The molecule has 0 fully saturated rings. The van der Waals surface area contributed by atoms with Crippen LogP contribution in [0.25, 0.3) is 0 Å². The summed E-state index contributed by atoms with van der Waals surface area (Å²) in [6.07, 6.45) is 1.92. The zero-order valence-electron chi connectivity index (χ0n) is 10.0. The largest absolute Gasteiger partial charge is 0.290 e. The first-order valence-electron chi connectivity index (χ1n) is 5.35. The van der Waals surface area contributed by atoms with Gasteiger partial charge in [0.1, 0.15) is 0 Å². The fraction of sp³-hybridized carbons (Fsp3) is 0.0714. The zero-order valence-corrected chi connectivity index (χ0v) is 13.2. The summed E-state index contributed by atoms with van der Waals surface area (Å²) in [6, 6.07) is 19.9. The summed E-state index contributed by atoms with van der Waals surface area (Å²) in [4.78, 5) is 1.94. The van der Waals surface area contributed by atoms with E-state index < -0.39 is 0 Å². The van der Waals surface area contributed by atoms with E-state index in [2.05, 4.69) is 0 Å². The standard InChI is InChI=1S/C14H14N2S.HI/c1-17-14(15)16(12-8-4-2-5-9-12)13-10-6-3-7-11-13;/h2-11,15H,1H3;1H. The van der Waals surface area contributed by atoms with E-state index in [4.69, 9.17) is 5.41 Å². The van der Waals surface area contributed by atoms with Crippen molar-refractivity contribution in [3.8, 4) is 0 Å². The lowest BCUT2D eigenvalue weighted by atomic mass is 10.2. The molecule has 4 heteroatoms. The van der Waals surface area contributed by atoms with Crippen molar-refractivity contribution in [1.29, 1.82) is 5.41 Å². The van der Waals surface area contributed by atoms with Gasteiger partial charge in [-0.05, 0) is 30.5 Å². The van der Waals surface area contributed by atoms with Crippen LogP contribution in [-0.2, 0) is 0 Å². The van der Waals surface area contributed by atoms with E-state index in [-0.39, 0.29) is 24.0 Å². The third-order valence-corrected chi connectivity index (χ3v) is 2.99. The zero-order chi connectivity index (χ0) is 12.1. The van der Waals surface area contributed by atoms with E-state index in [1.807, 2.05) is 71.8 Å². The fourth-order valence-corrected chi connectivity index (χ4v) is 2.02. The minimum atomic E-state index is 0. The van der Waals surface area contributed by atoms with Gasteiger partial charge in [0.05, 0.1) is 0 Å². The van der Waals surface area contributed by atoms with Crippen LogP contribution < -0.4 is 4.90 Å². The molecule has 0 amide bonds. The molecule has 0 saturated carbocycles. The normalized spacial score (nSPS) is 9.39. The van der Waals surface area contributed by atoms with Gasteiger partial charge < -0.3 is 0 Å². The molecule has 2 rings (SSSR count). The van der Waals surface area contributed by atoms with Crippen molar-refractivity contribution in [3.63, 3.8) is 0 Å². The molecule has 2 nitrogen and oxygen atoms in total. The minimum Gasteiger partial charge on any atom is -0.290 e. The molecule has 18 heavy (non-hydrogen) atoms. The van der Waals surface area contributed by atoms with Crippen LogP contribution in [0.1, 0.15) is 0 Å². The number of para-hydroxylation sites is 2. The number of anilines is 2. The highest BCUT2D eigenvalue weighted by molar-refractivity contribution is 14.0. The predicted molar refractivity (Wildman–Crippen MR) is 91.7 cm³/mol. The number of nitrogens with one attached hydrogen (secondary N) is 1. The van der Waals surface area contributed by atoms with Crippen LogP contribution in [0.5, 0.6) is 0 Å². The van der Waals surface area contributed by atoms with Crippen LogP contribution in [0.4, 0.5) is 11.4 Å². The molecular weight excluding hydrogens is 355 g/mol. The van der Waals surface area contributed by atoms with Gasteiger partial charge in [0.25, 0.3) is 0 Å². The van der Waals surface area contributed by atoms with Gasteiger partial charge in [-0.1, -0.05) is 48.2 Å². The summed E-state index contributed by atoms with van der Waals surface area (Å²) in [5, 5.41) is 8.57. The predicted octanol–water partition coefficient (Wildman–Crippen LogP) is 4.74. The first-order chi connectivity index (χ1) is 8.33. The first kappa shape index (κ1) is 15.0. The lowest BCUT2D eigenvalue weighted by Gasteiger charge is -2.24. The van der Waals surface area contributed by atoms with Gasteiger partial charge in [-0.2, -0.15) is 0 Å². The third-order valence-electron chi connectivity index (χ3n) is 2.43. The Morgan fingerprint density at radius 1 is 0.889 bits per heavy atom. The molecule has 0 aromatic heterocycles. The fourth-order valence-electron chi connectivity index (χ4n) is 1.63. The van der Waals surface area contributed by atoms with Gasteiger partial charge in [-0.25, -0.2) is 0 Å². The number of benzene rings is 2. The Morgan fingerprint density at radius 2 is 1.28 bits per heavy atom. The Balaban J connectivity index is 0.00000162. The van der Waals surface area contributed by atoms with Crippen molar-refractivity contribution in [2.24, 2.45) is 0 Å². The molecule has 0 aliphatic rings. The Kier molecular flexibility index (Phi) is 6.21. The van der Waals surface area contributed by atoms with Crippen LogP contribution in [0.15, 0.2) is 60.7 Å². The second-order valence-corrected chi connectivity index (χ2v) is 4.31. The van der Waals surface area contributed by atoms with Crippen molar-refractivity contribution in [2.75, 3.05) is 11.2 Å². The lowest BCUT2D eigenvalue weighted by Crippen LogP contribution is -2.21. The quantitative estimate of drug-likeness (QED) is 0.470. The summed E-state index contributed by atoms with van der Waals surface area (Å²) in [7, 11) is 0. The Bertz CT molecular complexity index is 448. The highest BCUT2D eigenvalue weighted by Gasteiger charge is 2.12. The molecule has 0 atom stereocenters. The van der Waals surface area contributed by atoms with Gasteiger partial charge in [0, 0.05) is 11.4 Å². The summed E-state index contributed by atoms with van der Waals surface area (Å²) in [6.45, 7) is 0. The van der Waals surface area contributed by atoms with Gasteiger partial charge in [-0.3, -0.25) is 10.3 Å². The molecule has 0 spiro atoms. The van der Waals surface area contributed by atoms with Crippen LogP contribution in [0.2, 0.25) is 0 Å². The number of rotatable bonds is 2. The van der Waals surface area contributed by atoms with E-state index in [1.54, 1.807) is 0 Å². The van der Waals surface area contributed by atoms with E-state index in [1.165, 1.54) is 11.8 Å². The van der Waals surface area contributed by atoms with Gasteiger partial charge >= 0.3 is 0 Å². The summed E-state index contributed by atoms with van der Waals surface area (Å²) in [5.74, 6) is 0. The van der Waals surface area contributed by atoms with Gasteiger partial charge in [0.15, 0.2) is 5.17 Å². The molecule has 0 aliphatic heterocycles. The Morgan fingerprint density at radius 3 is 1.61 bits per heavy atom. The number of hydrogen-bond acceptors (Lipinski definition) is 2. The van der Waals surface area contributed by atoms with Crippen molar-refractivity contribution in [3.05, 3.63) is 60.7 Å². The molecule has 0 radical (unpaired) electrons. The van der Waals surface area contributed by atoms with Crippen LogP contribution in [0.3, 0.4) is 0 Å².